The highest BCUT2D eigenvalue weighted by molar-refractivity contribution is 7.89. The lowest BCUT2D eigenvalue weighted by Gasteiger charge is -2.40. The lowest BCUT2D eigenvalue weighted by Crippen LogP contribution is -2.52. The first-order valence-corrected chi connectivity index (χ1v) is 17.0. The quantitative estimate of drug-likeness (QED) is 0.0913. The summed E-state index contributed by atoms with van der Waals surface area (Å²) in [5, 5.41) is 25.0. The number of hydrogen-bond donors (Lipinski definition) is 5. The van der Waals surface area contributed by atoms with Crippen LogP contribution in [0.2, 0.25) is 0 Å². The maximum Gasteiger partial charge on any atom is 0.326 e. The van der Waals surface area contributed by atoms with Crippen LogP contribution in [0.3, 0.4) is 0 Å². The summed E-state index contributed by atoms with van der Waals surface area (Å²) in [6.07, 6.45) is 5.95. The fourth-order valence-electron chi connectivity index (χ4n) is 6.04. The number of carboxylic acids is 1. The van der Waals surface area contributed by atoms with Crippen LogP contribution in [0.15, 0.2) is 59.5 Å². The predicted octanol–water partition coefficient (Wildman–Crippen LogP) is 3.48. The van der Waals surface area contributed by atoms with Gasteiger partial charge in [0, 0.05) is 25.5 Å². The van der Waals surface area contributed by atoms with Gasteiger partial charge in [-0.05, 0) is 48.4 Å². The molecule has 0 saturated heterocycles. The SMILES string of the molecule is NCC(c1ccc(S(N)(=O)=O)cc1)N(C(=O)[C@@H](CCCCOCc1ccccc1)CC(=O)NO)C(CC1CCCCC1)C(=O)O. The fraction of sp³-hybridized carbons (Fsp3) is 0.531. The molecule has 1 aliphatic rings. The fourth-order valence-corrected chi connectivity index (χ4v) is 6.55. The van der Waals surface area contributed by atoms with E-state index in [0.717, 1.165) is 37.7 Å². The summed E-state index contributed by atoms with van der Waals surface area (Å²) >= 11 is 0. The number of aliphatic carboxylic acids is 1. The van der Waals surface area contributed by atoms with E-state index < -0.39 is 45.8 Å². The molecule has 7 N–H and O–H groups in total. The van der Waals surface area contributed by atoms with Crippen molar-refractivity contribution in [1.29, 1.82) is 0 Å². The highest BCUT2D eigenvalue weighted by Crippen LogP contribution is 2.34. The number of benzene rings is 2. The van der Waals surface area contributed by atoms with Gasteiger partial charge in [-0.2, -0.15) is 0 Å². The average Bonchev–Trinajstić information content (AvgIpc) is 3.03. The molecule has 0 spiro atoms. The third-order valence-corrected chi connectivity index (χ3v) is 9.35. The third kappa shape index (κ3) is 11.2. The van der Waals surface area contributed by atoms with E-state index in [1.807, 2.05) is 30.3 Å². The van der Waals surface area contributed by atoms with Gasteiger partial charge in [0.1, 0.15) is 6.04 Å². The molecular formula is C32H46N4O8S. The van der Waals surface area contributed by atoms with Crippen LogP contribution in [0.4, 0.5) is 0 Å². The van der Waals surface area contributed by atoms with Crippen molar-refractivity contribution in [1.82, 2.24) is 10.4 Å². The number of carboxylic acid groups (broad SMARTS) is 1. The van der Waals surface area contributed by atoms with E-state index in [4.69, 9.17) is 15.6 Å². The Hall–Kier alpha value is -3.36. The molecule has 45 heavy (non-hydrogen) atoms. The molecule has 2 unspecified atom stereocenters. The van der Waals surface area contributed by atoms with Crippen molar-refractivity contribution in [2.24, 2.45) is 22.7 Å². The van der Waals surface area contributed by atoms with Crippen LogP contribution >= 0.6 is 0 Å². The van der Waals surface area contributed by atoms with Gasteiger partial charge < -0.3 is 20.5 Å². The summed E-state index contributed by atoms with van der Waals surface area (Å²) in [5.74, 6) is -3.38. The number of carbonyl (C=O) groups is 3. The van der Waals surface area contributed by atoms with Crippen molar-refractivity contribution in [3.8, 4) is 0 Å². The average molecular weight is 647 g/mol. The Morgan fingerprint density at radius 3 is 2.24 bits per heavy atom. The van der Waals surface area contributed by atoms with E-state index in [1.165, 1.54) is 29.2 Å². The number of amides is 2. The van der Waals surface area contributed by atoms with Gasteiger partial charge in [-0.1, -0.05) is 81.0 Å². The number of rotatable bonds is 18. The molecule has 0 bridgehead atoms. The predicted molar refractivity (Wildman–Crippen MR) is 167 cm³/mol. The number of hydroxylamine groups is 1. The van der Waals surface area contributed by atoms with Crippen LogP contribution in [0.25, 0.3) is 0 Å². The van der Waals surface area contributed by atoms with Crippen LogP contribution in [-0.2, 0) is 35.8 Å². The maximum atomic E-state index is 14.4. The zero-order chi connectivity index (χ0) is 32.8. The Kier molecular flexibility index (Phi) is 14.4. The van der Waals surface area contributed by atoms with E-state index in [2.05, 4.69) is 0 Å². The van der Waals surface area contributed by atoms with Crippen molar-refractivity contribution in [2.45, 2.75) is 87.8 Å². The number of nitrogens with zero attached hydrogens (tertiary/aromatic N) is 1. The van der Waals surface area contributed by atoms with Gasteiger partial charge in [0.05, 0.1) is 17.5 Å². The Bertz CT molecular complexity index is 1330. The number of nitrogens with two attached hydrogens (primary N) is 2. The lowest BCUT2D eigenvalue weighted by molar-refractivity contribution is -0.156. The Balaban J connectivity index is 1.87. The summed E-state index contributed by atoms with van der Waals surface area (Å²) in [6.45, 7) is 0.710. The molecule has 248 valence electrons. The van der Waals surface area contributed by atoms with E-state index in [-0.39, 0.29) is 36.6 Å². The number of ether oxygens (including phenoxy) is 1. The number of nitrogens with one attached hydrogen (secondary N) is 1. The Morgan fingerprint density at radius 2 is 1.67 bits per heavy atom. The molecule has 1 fully saturated rings. The van der Waals surface area contributed by atoms with Crippen molar-refractivity contribution >= 4 is 27.8 Å². The zero-order valence-corrected chi connectivity index (χ0v) is 26.4. The Labute approximate surface area is 265 Å². The molecule has 2 aromatic rings. The van der Waals surface area contributed by atoms with Crippen molar-refractivity contribution in [3.05, 3.63) is 65.7 Å². The lowest BCUT2D eigenvalue weighted by atomic mass is 9.83. The zero-order valence-electron chi connectivity index (χ0n) is 25.6. The molecule has 0 heterocycles. The minimum absolute atomic E-state index is 0.0966. The smallest absolute Gasteiger partial charge is 0.326 e. The largest absolute Gasteiger partial charge is 0.480 e. The van der Waals surface area contributed by atoms with Gasteiger partial charge in [0.25, 0.3) is 0 Å². The van der Waals surface area contributed by atoms with Crippen LogP contribution < -0.4 is 16.4 Å². The summed E-state index contributed by atoms with van der Waals surface area (Å²) in [6, 6.07) is 13.0. The molecule has 13 heteroatoms. The van der Waals surface area contributed by atoms with Gasteiger partial charge in [0.2, 0.25) is 21.8 Å². The molecule has 1 saturated carbocycles. The van der Waals surface area contributed by atoms with Gasteiger partial charge in [-0.15, -0.1) is 0 Å². The van der Waals surface area contributed by atoms with Crippen molar-refractivity contribution in [3.63, 3.8) is 0 Å². The normalized spacial score (nSPS) is 16.0. The first-order chi connectivity index (χ1) is 21.5. The number of carbonyl (C=O) groups excluding carboxylic acids is 2. The molecule has 3 rings (SSSR count). The third-order valence-electron chi connectivity index (χ3n) is 8.42. The summed E-state index contributed by atoms with van der Waals surface area (Å²) in [7, 11) is -3.98. The van der Waals surface area contributed by atoms with Crippen molar-refractivity contribution in [2.75, 3.05) is 13.2 Å². The number of primary sulfonamides is 1. The summed E-state index contributed by atoms with van der Waals surface area (Å²) in [4.78, 5) is 40.7. The van der Waals surface area contributed by atoms with Gasteiger partial charge in [0.15, 0.2) is 0 Å². The van der Waals surface area contributed by atoms with E-state index in [1.54, 1.807) is 5.48 Å². The van der Waals surface area contributed by atoms with Gasteiger partial charge in [-0.25, -0.2) is 23.8 Å². The minimum Gasteiger partial charge on any atom is -0.480 e. The first-order valence-electron chi connectivity index (χ1n) is 15.5. The van der Waals surface area contributed by atoms with Crippen molar-refractivity contribution < 1.29 is 37.9 Å². The van der Waals surface area contributed by atoms with E-state index in [9.17, 15) is 33.1 Å². The summed E-state index contributed by atoms with van der Waals surface area (Å²) < 4.78 is 29.4. The molecule has 12 nitrogen and oxygen atoms in total. The molecule has 0 radical (unpaired) electrons. The monoisotopic (exact) mass is 646 g/mol. The number of hydrogen-bond acceptors (Lipinski definition) is 8. The molecule has 2 amide bonds. The second kappa shape index (κ2) is 18.0. The summed E-state index contributed by atoms with van der Waals surface area (Å²) in [5.41, 5.74) is 9.26. The molecule has 3 atom stereocenters. The number of unbranched alkanes of at least 4 members (excludes halogenated alkanes) is 1. The first kappa shape index (κ1) is 36.1. The molecular weight excluding hydrogens is 600 g/mol. The van der Waals surface area contributed by atoms with Gasteiger partial charge in [-0.3, -0.25) is 14.8 Å². The molecule has 0 aromatic heterocycles. The van der Waals surface area contributed by atoms with Gasteiger partial charge >= 0.3 is 5.97 Å². The maximum absolute atomic E-state index is 14.4. The standard InChI is InChI=1S/C32H46N4O8S/c33-21-29(25-14-16-27(17-15-25)45(34,42)43)36(28(32(39)40)19-23-9-3-1-4-10-23)31(38)26(20-30(37)35-41)13-7-8-18-44-22-24-11-5-2-6-12-24/h2,5-6,11-12,14-17,23,26,28-29,41H,1,3-4,7-10,13,18-22,33H2,(H,35,37)(H,39,40)(H2,34,42,43)/t26-,28?,29?/m0/s1. The second-order valence-electron chi connectivity index (χ2n) is 11.7. The molecule has 1 aliphatic carbocycles. The molecule has 0 aliphatic heterocycles. The highest BCUT2D eigenvalue weighted by Gasteiger charge is 2.40. The van der Waals surface area contributed by atoms with Crippen LogP contribution in [0, 0.1) is 11.8 Å². The Morgan fingerprint density at radius 1 is 1.00 bits per heavy atom. The minimum atomic E-state index is -3.98. The topological polar surface area (TPSA) is 202 Å². The highest BCUT2D eigenvalue weighted by atomic mass is 32.2. The van der Waals surface area contributed by atoms with Crippen LogP contribution in [0.5, 0.6) is 0 Å². The van der Waals surface area contributed by atoms with E-state index >= 15 is 0 Å². The second-order valence-corrected chi connectivity index (χ2v) is 13.2. The number of sulfonamides is 1. The van der Waals surface area contributed by atoms with Crippen LogP contribution in [-0.4, -0.2) is 60.6 Å². The van der Waals surface area contributed by atoms with Crippen LogP contribution in [0.1, 0.15) is 81.4 Å². The molecule has 2 aromatic carbocycles. The van der Waals surface area contributed by atoms with E-state index in [0.29, 0.717) is 31.6 Å².